The van der Waals surface area contributed by atoms with Crippen molar-refractivity contribution in [2.75, 3.05) is 5.32 Å². The summed E-state index contributed by atoms with van der Waals surface area (Å²) in [5.41, 5.74) is 0.311. The zero-order valence-corrected chi connectivity index (χ0v) is 10.0. The van der Waals surface area contributed by atoms with E-state index < -0.39 is 5.82 Å². The summed E-state index contributed by atoms with van der Waals surface area (Å²) in [6.45, 7) is 0. The number of nitriles is 1. The van der Waals surface area contributed by atoms with Crippen molar-refractivity contribution in [1.82, 2.24) is 0 Å². The third kappa shape index (κ3) is 3.42. The van der Waals surface area contributed by atoms with Crippen LogP contribution in [-0.4, -0.2) is 5.91 Å². The lowest BCUT2D eigenvalue weighted by molar-refractivity contribution is -0.116. The number of carbonyl (C=O) groups excluding carboxylic acids is 1. The first-order chi connectivity index (χ1) is 9.19. The maximum absolute atomic E-state index is 13.1. The van der Waals surface area contributed by atoms with Gasteiger partial charge in [-0.3, -0.25) is 4.79 Å². The number of rotatable bonds is 4. The Balaban J connectivity index is 1.94. The molecule has 19 heavy (non-hydrogen) atoms. The minimum atomic E-state index is -0.601. The highest BCUT2D eigenvalue weighted by atomic mass is 19.1. The van der Waals surface area contributed by atoms with Crippen molar-refractivity contribution >= 4 is 11.6 Å². The van der Waals surface area contributed by atoms with E-state index in [1.165, 1.54) is 12.1 Å². The number of anilines is 1. The molecule has 0 atom stereocenters. The molecular formula is C14H11FN2O2. The normalized spacial score (nSPS) is 9.89. The summed E-state index contributed by atoms with van der Waals surface area (Å²) in [5.74, 6) is -0.0880. The molecule has 2 aromatic rings. The summed E-state index contributed by atoms with van der Waals surface area (Å²) >= 11 is 0. The lowest BCUT2D eigenvalue weighted by Gasteiger charge is -2.05. The fourth-order valence-corrected chi connectivity index (χ4v) is 1.60. The minimum absolute atomic E-state index is 0.0937. The van der Waals surface area contributed by atoms with Crippen molar-refractivity contribution in [1.29, 1.82) is 5.26 Å². The molecule has 5 heteroatoms. The van der Waals surface area contributed by atoms with Crippen molar-refractivity contribution in [3.05, 3.63) is 53.7 Å². The highest BCUT2D eigenvalue weighted by molar-refractivity contribution is 5.90. The van der Waals surface area contributed by atoms with Crippen LogP contribution in [0.15, 0.2) is 41.0 Å². The van der Waals surface area contributed by atoms with E-state index in [2.05, 4.69) is 5.32 Å². The Hall–Kier alpha value is -2.61. The van der Waals surface area contributed by atoms with E-state index in [1.54, 1.807) is 24.5 Å². The van der Waals surface area contributed by atoms with E-state index in [9.17, 15) is 9.18 Å². The standard InChI is InChI=1S/C14H11FN2O2/c15-13-5-3-11(8-10(13)9-16)17-14(18)6-4-12-2-1-7-19-12/h1-3,5,7-8H,4,6H2,(H,17,18). The molecular weight excluding hydrogens is 247 g/mol. The molecule has 1 amide bonds. The van der Waals surface area contributed by atoms with Crippen LogP contribution in [0.25, 0.3) is 0 Å². The van der Waals surface area contributed by atoms with E-state index in [1.807, 2.05) is 0 Å². The minimum Gasteiger partial charge on any atom is -0.469 e. The quantitative estimate of drug-likeness (QED) is 0.916. The molecule has 0 saturated carbocycles. The number of aryl methyl sites for hydroxylation is 1. The van der Waals surface area contributed by atoms with Gasteiger partial charge in [-0.05, 0) is 30.3 Å². The van der Waals surface area contributed by atoms with E-state index in [4.69, 9.17) is 9.68 Å². The zero-order valence-electron chi connectivity index (χ0n) is 10.0. The summed E-state index contributed by atoms with van der Waals surface area (Å²) in [7, 11) is 0. The Morgan fingerprint density at radius 3 is 2.95 bits per heavy atom. The summed E-state index contributed by atoms with van der Waals surface area (Å²) < 4.78 is 18.2. The Morgan fingerprint density at radius 2 is 2.26 bits per heavy atom. The molecule has 4 nitrogen and oxygen atoms in total. The van der Waals surface area contributed by atoms with Crippen molar-refractivity contribution < 1.29 is 13.6 Å². The smallest absolute Gasteiger partial charge is 0.224 e. The highest BCUT2D eigenvalue weighted by Gasteiger charge is 2.07. The van der Waals surface area contributed by atoms with Crippen LogP contribution in [0.1, 0.15) is 17.7 Å². The highest BCUT2D eigenvalue weighted by Crippen LogP contribution is 2.14. The van der Waals surface area contributed by atoms with Gasteiger partial charge in [0.05, 0.1) is 11.8 Å². The summed E-state index contributed by atoms with van der Waals surface area (Å²) in [4.78, 5) is 11.7. The zero-order chi connectivity index (χ0) is 13.7. The predicted molar refractivity (Wildman–Crippen MR) is 66.8 cm³/mol. The topological polar surface area (TPSA) is 66.0 Å². The molecule has 96 valence electrons. The van der Waals surface area contributed by atoms with Crippen LogP contribution >= 0.6 is 0 Å². The number of furan rings is 1. The van der Waals surface area contributed by atoms with Crippen LogP contribution in [0.2, 0.25) is 0 Å². The molecule has 1 aromatic carbocycles. The third-order valence-electron chi connectivity index (χ3n) is 2.55. The van der Waals surface area contributed by atoms with Gasteiger partial charge in [-0.2, -0.15) is 5.26 Å². The van der Waals surface area contributed by atoms with Gasteiger partial charge >= 0.3 is 0 Å². The molecule has 0 aliphatic heterocycles. The monoisotopic (exact) mass is 258 g/mol. The average Bonchev–Trinajstić information content (AvgIpc) is 2.92. The van der Waals surface area contributed by atoms with Gasteiger partial charge < -0.3 is 9.73 Å². The molecule has 0 bridgehead atoms. The van der Waals surface area contributed by atoms with E-state index >= 15 is 0 Å². The van der Waals surface area contributed by atoms with Crippen molar-refractivity contribution in [3.8, 4) is 6.07 Å². The number of hydrogen-bond acceptors (Lipinski definition) is 3. The van der Waals surface area contributed by atoms with Gasteiger partial charge in [0.2, 0.25) is 5.91 Å². The van der Waals surface area contributed by atoms with Crippen molar-refractivity contribution in [3.63, 3.8) is 0 Å². The van der Waals surface area contributed by atoms with Gasteiger partial charge in [0.25, 0.3) is 0 Å². The van der Waals surface area contributed by atoms with E-state index in [0.29, 0.717) is 12.1 Å². The number of benzene rings is 1. The van der Waals surface area contributed by atoms with Gasteiger partial charge in [-0.25, -0.2) is 4.39 Å². The van der Waals surface area contributed by atoms with E-state index in [0.717, 1.165) is 11.8 Å². The molecule has 0 spiro atoms. The first-order valence-electron chi connectivity index (χ1n) is 5.71. The molecule has 0 aliphatic carbocycles. The van der Waals surface area contributed by atoms with Gasteiger partial charge in [-0.15, -0.1) is 0 Å². The second-order valence-corrected chi connectivity index (χ2v) is 3.93. The SMILES string of the molecule is N#Cc1cc(NC(=O)CCc2ccco2)ccc1F. The summed E-state index contributed by atoms with van der Waals surface area (Å²) in [5, 5.41) is 11.3. The third-order valence-corrected chi connectivity index (χ3v) is 2.55. The average molecular weight is 258 g/mol. The van der Waals surface area contributed by atoms with Crippen LogP contribution in [0.4, 0.5) is 10.1 Å². The Labute approximate surface area is 109 Å². The largest absolute Gasteiger partial charge is 0.469 e. The molecule has 0 fully saturated rings. The van der Waals surface area contributed by atoms with Crippen LogP contribution in [0.5, 0.6) is 0 Å². The van der Waals surface area contributed by atoms with E-state index in [-0.39, 0.29) is 17.9 Å². The second-order valence-electron chi connectivity index (χ2n) is 3.93. The van der Waals surface area contributed by atoms with Crippen LogP contribution in [0.3, 0.4) is 0 Å². The fourth-order valence-electron chi connectivity index (χ4n) is 1.60. The van der Waals surface area contributed by atoms with Crippen LogP contribution in [0, 0.1) is 17.1 Å². The molecule has 1 N–H and O–H groups in total. The summed E-state index contributed by atoms with van der Waals surface area (Å²) in [6, 6.07) is 9.15. The predicted octanol–water partition coefficient (Wildman–Crippen LogP) is 2.86. The van der Waals surface area contributed by atoms with Gasteiger partial charge in [0, 0.05) is 18.5 Å². The second kappa shape index (κ2) is 5.83. The molecule has 0 unspecified atom stereocenters. The van der Waals surface area contributed by atoms with Gasteiger partial charge in [0.15, 0.2) is 0 Å². The molecule has 0 radical (unpaired) electrons. The number of nitrogens with one attached hydrogen (secondary N) is 1. The number of halogens is 1. The maximum Gasteiger partial charge on any atom is 0.224 e. The number of nitrogens with zero attached hydrogens (tertiary/aromatic N) is 1. The number of amides is 1. The molecule has 1 aromatic heterocycles. The lowest BCUT2D eigenvalue weighted by Crippen LogP contribution is -2.12. The molecule has 0 saturated heterocycles. The number of hydrogen-bond donors (Lipinski definition) is 1. The number of carbonyl (C=O) groups is 1. The maximum atomic E-state index is 13.1. The Kier molecular flexibility index (Phi) is 3.94. The van der Waals surface area contributed by atoms with Gasteiger partial charge in [0.1, 0.15) is 17.6 Å². The van der Waals surface area contributed by atoms with Crippen LogP contribution < -0.4 is 5.32 Å². The lowest BCUT2D eigenvalue weighted by atomic mass is 10.2. The van der Waals surface area contributed by atoms with Crippen LogP contribution in [-0.2, 0) is 11.2 Å². The van der Waals surface area contributed by atoms with Crippen molar-refractivity contribution in [2.24, 2.45) is 0 Å². The van der Waals surface area contributed by atoms with Crippen molar-refractivity contribution in [2.45, 2.75) is 12.8 Å². The first-order valence-corrected chi connectivity index (χ1v) is 5.71. The molecule has 1 heterocycles. The summed E-state index contributed by atoms with van der Waals surface area (Å²) in [6.07, 6.45) is 2.30. The first kappa shape index (κ1) is 12.8. The molecule has 2 rings (SSSR count). The fraction of sp³-hybridized carbons (Fsp3) is 0.143. The van der Waals surface area contributed by atoms with Gasteiger partial charge in [-0.1, -0.05) is 0 Å². The Bertz CT molecular complexity index is 615. The Morgan fingerprint density at radius 1 is 1.42 bits per heavy atom. The molecule has 0 aliphatic rings.